The average Bonchev–Trinajstić information content (AvgIpc) is 3.06. The summed E-state index contributed by atoms with van der Waals surface area (Å²) in [6.07, 6.45) is 5.69. The molecule has 0 saturated carbocycles. The Morgan fingerprint density at radius 1 is 1.11 bits per heavy atom. The molecule has 0 unspecified atom stereocenters. The van der Waals surface area contributed by atoms with E-state index in [1.807, 2.05) is 48.8 Å². The van der Waals surface area contributed by atoms with Crippen molar-refractivity contribution in [3.63, 3.8) is 0 Å². The molecule has 0 aliphatic rings. The molecule has 4 nitrogen and oxygen atoms in total. The molecule has 4 rings (SSSR count). The van der Waals surface area contributed by atoms with Gasteiger partial charge in [-0.25, -0.2) is 0 Å². The molecule has 0 radical (unpaired) electrons. The lowest BCUT2D eigenvalue weighted by Gasteiger charge is -1.97. The van der Waals surface area contributed by atoms with Gasteiger partial charge in [0.15, 0.2) is 6.20 Å². The minimum atomic E-state index is 0.802. The molecule has 1 aromatic carbocycles. The van der Waals surface area contributed by atoms with E-state index in [0.29, 0.717) is 0 Å². The van der Waals surface area contributed by atoms with Crippen molar-refractivity contribution in [1.29, 1.82) is 0 Å². The molecule has 1 N–H and O–H groups in total. The highest BCUT2D eigenvalue weighted by molar-refractivity contribution is 5.83. The summed E-state index contributed by atoms with van der Waals surface area (Å²) in [5, 5.41) is 4.87. The first kappa shape index (κ1) is 9.41. The SMILES string of the molecule is c1cc(-[n+]2cccc3[nH]ccc32)c2oncc2c1. The van der Waals surface area contributed by atoms with E-state index in [0.717, 1.165) is 27.7 Å². The minimum absolute atomic E-state index is 0.802. The number of rotatable bonds is 1. The van der Waals surface area contributed by atoms with Gasteiger partial charge in [-0.15, -0.1) is 0 Å². The first-order valence-corrected chi connectivity index (χ1v) is 5.75. The number of hydrogen-bond donors (Lipinski definition) is 1. The summed E-state index contributed by atoms with van der Waals surface area (Å²) >= 11 is 0. The fraction of sp³-hybridized carbons (Fsp3) is 0. The Kier molecular flexibility index (Phi) is 1.80. The van der Waals surface area contributed by atoms with Gasteiger partial charge in [0.2, 0.25) is 11.1 Å². The van der Waals surface area contributed by atoms with Crippen LogP contribution < -0.4 is 4.57 Å². The smallest absolute Gasteiger partial charge is 0.257 e. The number of benzene rings is 1. The molecule has 0 atom stereocenters. The predicted molar refractivity (Wildman–Crippen MR) is 67.4 cm³/mol. The van der Waals surface area contributed by atoms with E-state index in [4.69, 9.17) is 4.52 Å². The maximum Gasteiger partial charge on any atom is 0.257 e. The van der Waals surface area contributed by atoms with Crippen LogP contribution in [0.4, 0.5) is 0 Å². The maximum absolute atomic E-state index is 5.35. The normalized spacial score (nSPS) is 11.3. The van der Waals surface area contributed by atoms with Crippen LogP contribution in [0.15, 0.2) is 59.5 Å². The second-order valence-electron chi connectivity index (χ2n) is 4.18. The van der Waals surface area contributed by atoms with E-state index in [1.54, 1.807) is 6.20 Å². The lowest BCUT2D eigenvalue weighted by atomic mass is 10.2. The number of aromatic nitrogens is 3. The Balaban J connectivity index is 2.13. The van der Waals surface area contributed by atoms with Gasteiger partial charge in [-0.3, -0.25) is 0 Å². The van der Waals surface area contributed by atoms with Gasteiger partial charge in [-0.2, -0.15) is 4.57 Å². The number of nitrogens with one attached hydrogen (secondary N) is 1. The number of pyridine rings is 1. The zero-order valence-electron chi connectivity index (χ0n) is 9.50. The molecule has 0 saturated heterocycles. The summed E-state index contributed by atoms with van der Waals surface area (Å²) < 4.78 is 7.44. The molecule has 4 heteroatoms. The lowest BCUT2D eigenvalue weighted by Crippen LogP contribution is -2.30. The van der Waals surface area contributed by atoms with Crippen LogP contribution in [0.1, 0.15) is 0 Å². The Labute approximate surface area is 102 Å². The van der Waals surface area contributed by atoms with E-state index < -0.39 is 0 Å². The van der Waals surface area contributed by atoms with Gasteiger partial charge in [0.1, 0.15) is 5.52 Å². The van der Waals surface area contributed by atoms with Crippen LogP contribution in [-0.4, -0.2) is 10.1 Å². The van der Waals surface area contributed by atoms with E-state index in [-0.39, 0.29) is 0 Å². The van der Waals surface area contributed by atoms with Gasteiger partial charge in [-0.05, 0) is 12.1 Å². The molecule has 4 aromatic rings. The van der Waals surface area contributed by atoms with Crippen molar-refractivity contribution in [3.05, 3.63) is 55.0 Å². The molecule has 0 aliphatic carbocycles. The molecule has 0 spiro atoms. The number of nitrogens with zero attached hydrogens (tertiary/aromatic N) is 2. The van der Waals surface area contributed by atoms with Crippen LogP contribution >= 0.6 is 0 Å². The molecule has 0 amide bonds. The fourth-order valence-corrected chi connectivity index (χ4v) is 2.30. The average molecular weight is 236 g/mol. The second kappa shape index (κ2) is 3.43. The summed E-state index contributed by atoms with van der Waals surface area (Å²) in [5.41, 5.74) is 4.00. The van der Waals surface area contributed by atoms with Crippen molar-refractivity contribution in [3.8, 4) is 5.69 Å². The van der Waals surface area contributed by atoms with E-state index >= 15 is 0 Å². The van der Waals surface area contributed by atoms with Gasteiger partial charge in [-0.1, -0.05) is 11.2 Å². The molecule has 18 heavy (non-hydrogen) atoms. The largest absolute Gasteiger partial charge is 0.356 e. The molecular weight excluding hydrogens is 226 g/mol. The van der Waals surface area contributed by atoms with Crippen molar-refractivity contribution < 1.29 is 9.09 Å². The molecule has 3 aromatic heterocycles. The number of fused-ring (bicyclic) bond motifs is 2. The van der Waals surface area contributed by atoms with Gasteiger partial charge in [0.05, 0.1) is 6.20 Å². The van der Waals surface area contributed by atoms with Gasteiger partial charge in [0, 0.05) is 29.8 Å². The van der Waals surface area contributed by atoms with Gasteiger partial charge in [0.25, 0.3) is 5.69 Å². The van der Waals surface area contributed by atoms with Gasteiger partial charge < -0.3 is 9.51 Å². The molecule has 0 fully saturated rings. The molecule has 3 heterocycles. The van der Waals surface area contributed by atoms with E-state index in [2.05, 4.69) is 14.7 Å². The predicted octanol–water partition coefficient (Wildman–Crippen LogP) is 2.59. The second-order valence-corrected chi connectivity index (χ2v) is 4.18. The Hall–Kier alpha value is -2.62. The van der Waals surface area contributed by atoms with Crippen LogP contribution in [0.2, 0.25) is 0 Å². The third-order valence-electron chi connectivity index (χ3n) is 3.13. The topological polar surface area (TPSA) is 45.7 Å². The number of H-pyrrole nitrogens is 1. The summed E-state index contributed by atoms with van der Waals surface area (Å²) in [4.78, 5) is 3.20. The molecule has 86 valence electrons. The zero-order chi connectivity index (χ0) is 11.9. The zero-order valence-corrected chi connectivity index (χ0v) is 9.50. The number of aromatic amines is 1. The summed E-state index contributed by atoms with van der Waals surface area (Å²) in [5.74, 6) is 0. The van der Waals surface area contributed by atoms with E-state index in [9.17, 15) is 0 Å². The van der Waals surface area contributed by atoms with Crippen molar-refractivity contribution in [2.45, 2.75) is 0 Å². The van der Waals surface area contributed by atoms with Crippen molar-refractivity contribution >= 4 is 22.0 Å². The van der Waals surface area contributed by atoms with Crippen LogP contribution in [0, 0.1) is 0 Å². The van der Waals surface area contributed by atoms with Crippen LogP contribution in [0.5, 0.6) is 0 Å². The van der Waals surface area contributed by atoms with Gasteiger partial charge >= 0.3 is 0 Å². The molecule has 0 bridgehead atoms. The third-order valence-corrected chi connectivity index (χ3v) is 3.13. The van der Waals surface area contributed by atoms with Crippen LogP contribution in [0.25, 0.3) is 27.7 Å². The Morgan fingerprint density at radius 2 is 2.11 bits per heavy atom. The molecular formula is C14H10N3O+. The monoisotopic (exact) mass is 236 g/mol. The molecule has 0 aliphatic heterocycles. The first-order chi connectivity index (χ1) is 8.93. The summed E-state index contributed by atoms with van der Waals surface area (Å²) in [6, 6.07) is 12.1. The first-order valence-electron chi connectivity index (χ1n) is 5.75. The Bertz CT molecular complexity index is 772. The third kappa shape index (κ3) is 1.20. The fourth-order valence-electron chi connectivity index (χ4n) is 2.30. The highest BCUT2D eigenvalue weighted by atomic mass is 16.5. The highest BCUT2D eigenvalue weighted by Gasteiger charge is 2.17. The van der Waals surface area contributed by atoms with Crippen molar-refractivity contribution in [1.82, 2.24) is 10.1 Å². The van der Waals surface area contributed by atoms with Crippen molar-refractivity contribution in [2.75, 3.05) is 0 Å². The van der Waals surface area contributed by atoms with E-state index in [1.165, 1.54) is 0 Å². The summed E-state index contributed by atoms with van der Waals surface area (Å²) in [6.45, 7) is 0. The summed E-state index contributed by atoms with van der Waals surface area (Å²) in [7, 11) is 0. The van der Waals surface area contributed by atoms with Crippen LogP contribution in [-0.2, 0) is 0 Å². The minimum Gasteiger partial charge on any atom is -0.356 e. The lowest BCUT2D eigenvalue weighted by molar-refractivity contribution is -0.566. The quantitative estimate of drug-likeness (QED) is 0.516. The van der Waals surface area contributed by atoms with Crippen molar-refractivity contribution in [2.24, 2.45) is 0 Å². The van der Waals surface area contributed by atoms with Crippen LogP contribution in [0.3, 0.4) is 0 Å². The number of hydrogen-bond acceptors (Lipinski definition) is 2. The highest BCUT2D eigenvalue weighted by Crippen LogP contribution is 2.19. The maximum atomic E-state index is 5.35. The Morgan fingerprint density at radius 3 is 3.11 bits per heavy atom. The standard InChI is InChI=1S/C14H9N3O/c1-3-10-9-16-18-14(10)13(5-1)17-8-2-4-11-12(17)6-7-15-11/h1-9H/p+1. The number of para-hydroxylation sites is 1.